The van der Waals surface area contributed by atoms with E-state index in [0.717, 1.165) is 0 Å². The molecule has 2 rings (SSSR count). The van der Waals surface area contributed by atoms with Gasteiger partial charge in [-0.1, -0.05) is 11.6 Å². The largest absolute Gasteiger partial charge is 0.497 e. The van der Waals surface area contributed by atoms with E-state index in [1.165, 1.54) is 6.21 Å². The van der Waals surface area contributed by atoms with Crippen LogP contribution in [-0.4, -0.2) is 19.2 Å². The maximum atomic E-state index is 11.8. The Morgan fingerprint density at radius 1 is 1.29 bits per heavy atom. The zero-order valence-electron chi connectivity index (χ0n) is 11.3. The van der Waals surface area contributed by atoms with Gasteiger partial charge in [-0.2, -0.15) is 5.10 Å². The topological polar surface area (TPSA) is 76.7 Å². The molecule has 0 saturated carbocycles. The minimum atomic E-state index is -0.323. The number of carbonyl (C=O) groups is 1. The fraction of sp³-hybridized carbons (Fsp3) is 0.0667. The van der Waals surface area contributed by atoms with Crippen LogP contribution in [-0.2, 0) is 0 Å². The Morgan fingerprint density at radius 3 is 2.62 bits per heavy atom. The molecule has 1 amide bonds. The molecule has 0 spiro atoms. The highest BCUT2D eigenvalue weighted by atomic mass is 35.5. The number of anilines is 1. The van der Waals surface area contributed by atoms with Crippen molar-refractivity contribution in [1.82, 2.24) is 5.43 Å². The predicted molar refractivity (Wildman–Crippen MR) is 83.9 cm³/mol. The van der Waals surface area contributed by atoms with Gasteiger partial charge in [-0.3, -0.25) is 4.79 Å². The number of nitrogens with two attached hydrogens (primary N) is 1. The van der Waals surface area contributed by atoms with Crippen LogP contribution in [0.4, 0.5) is 5.69 Å². The van der Waals surface area contributed by atoms with Crippen LogP contribution in [0.3, 0.4) is 0 Å². The number of hydrazone groups is 1. The highest BCUT2D eigenvalue weighted by Gasteiger charge is 2.03. The molecule has 0 aliphatic rings. The van der Waals surface area contributed by atoms with Gasteiger partial charge in [-0.25, -0.2) is 5.43 Å². The summed E-state index contributed by atoms with van der Waals surface area (Å²) in [5, 5.41) is 4.36. The molecule has 0 bridgehead atoms. The van der Waals surface area contributed by atoms with Gasteiger partial charge in [0.2, 0.25) is 0 Å². The average molecular weight is 304 g/mol. The molecule has 2 aromatic rings. The van der Waals surface area contributed by atoms with Crippen LogP contribution in [0.15, 0.2) is 47.6 Å². The van der Waals surface area contributed by atoms with Crippen LogP contribution in [0.25, 0.3) is 0 Å². The van der Waals surface area contributed by atoms with Crippen molar-refractivity contribution in [3.63, 3.8) is 0 Å². The van der Waals surface area contributed by atoms with Crippen molar-refractivity contribution in [2.45, 2.75) is 0 Å². The molecule has 0 atom stereocenters. The number of ether oxygens (including phenoxy) is 1. The Labute approximate surface area is 127 Å². The number of methoxy groups -OCH3 is 1. The lowest BCUT2D eigenvalue weighted by atomic mass is 10.2. The highest BCUT2D eigenvalue weighted by Crippen LogP contribution is 2.20. The molecule has 0 aliphatic carbocycles. The first kappa shape index (κ1) is 14.9. The van der Waals surface area contributed by atoms with Gasteiger partial charge in [-0.05, 0) is 42.5 Å². The lowest BCUT2D eigenvalue weighted by molar-refractivity contribution is 0.0955. The normalized spacial score (nSPS) is 10.6. The van der Waals surface area contributed by atoms with Crippen LogP contribution in [0.2, 0.25) is 5.02 Å². The predicted octanol–water partition coefficient (Wildman–Crippen LogP) is 2.69. The van der Waals surface area contributed by atoms with Crippen LogP contribution < -0.4 is 15.9 Å². The van der Waals surface area contributed by atoms with Gasteiger partial charge in [-0.15, -0.1) is 0 Å². The van der Waals surface area contributed by atoms with E-state index < -0.39 is 0 Å². The van der Waals surface area contributed by atoms with Gasteiger partial charge in [0.05, 0.1) is 18.3 Å². The molecule has 0 fully saturated rings. The molecule has 108 valence electrons. The number of hydrogen-bond acceptors (Lipinski definition) is 4. The van der Waals surface area contributed by atoms with E-state index in [4.69, 9.17) is 22.1 Å². The molecule has 21 heavy (non-hydrogen) atoms. The molecule has 0 aliphatic heterocycles. The Bertz CT molecular complexity index is 669. The lowest BCUT2D eigenvalue weighted by Gasteiger charge is -2.03. The van der Waals surface area contributed by atoms with E-state index >= 15 is 0 Å². The summed E-state index contributed by atoms with van der Waals surface area (Å²) in [4.78, 5) is 11.8. The SMILES string of the molecule is COc1ccc(/C=N/NC(=O)c2ccc(N)cc2)c(Cl)c1. The number of halogens is 1. The molecule has 3 N–H and O–H groups in total. The third kappa shape index (κ3) is 3.97. The maximum absolute atomic E-state index is 11.8. The number of nitrogens with zero attached hydrogens (tertiary/aromatic N) is 1. The summed E-state index contributed by atoms with van der Waals surface area (Å²) in [6.07, 6.45) is 1.47. The van der Waals surface area contributed by atoms with Gasteiger partial charge < -0.3 is 10.5 Å². The Hall–Kier alpha value is -2.53. The summed E-state index contributed by atoms with van der Waals surface area (Å²) in [6, 6.07) is 11.7. The fourth-order valence-electron chi connectivity index (χ4n) is 1.60. The number of nitrogens with one attached hydrogen (secondary N) is 1. The number of benzene rings is 2. The average Bonchev–Trinajstić information content (AvgIpc) is 2.49. The Morgan fingerprint density at radius 2 is 2.00 bits per heavy atom. The molecule has 2 aromatic carbocycles. The summed E-state index contributed by atoms with van der Waals surface area (Å²) >= 11 is 6.06. The van der Waals surface area contributed by atoms with Crippen molar-refractivity contribution in [3.05, 3.63) is 58.6 Å². The third-order valence-electron chi connectivity index (χ3n) is 2.75. The van der Waals surface area contributed by atoms with E-state index in [1.54, 1.807) is 49.6 Å². The van der Waals surface area contributed by atoms with Gasteiger partial charge in [0, 0.05) is 16.8 Å². The number of hydrogen-bond donors (Lipinski definition) is 2. The molecule has 0 aromatic heterocycles. The first-order valence-corrected chi connectivity index (χ1v) is 6.50. The Balaban J connectivity index is 2.02. The third-order valence-corrected chi connectivity index (χ3v) is 3.08. The van der Waals surface area contributed by atoms with Crippen molar-refractivity contribution in [1.29, 1.82) is 0 Å². The number of rotatable bonds is 4. The standard InChI is InChI=1S/C15H14ClN3O2/c1-21-13-7-4-11(14(16)8-13)9-18-19-15(20)10-2-5-12(17)6-3-10/h2-9H,17H2,1H3,(H,19,20)/b18-9+. The van der Waals surface area contributed by atoms with Gasteiger partial charge in [0.25, 0.3) is 5.91 Å². The van der Waals surface area contributed by atoms with E-state index in [9.17, 15) is 4.79 Å². The van der Waals surface area contributed by atoms with Gasteiger partial charge in [0.15, 0.2) is 0 Å². The summed E-state index contributed by atoms with van der Waals surface area (Å²) < 4.78 is 5.05. The van der Waals surface area contributed by atoms with Crippen molar-refractivity contribution >= 4 is 29.4 Å². The smallest absolute Gasteiger partial charge is 0.271 e. The van der Waals surface area contributed by atoms with Crippen molar-refractivity contribution < 1.29 is 9.53 Å². The minimum Gasteiger partial charge on any atom is -0.497 e. The second-order valence-corrected chi connectivity index (χ2v) is 4.62. The molecule has 0 radical (unpaired) electrons. The van der Waals surface area contributed by atoms with Crippen molar-refractivity contribution in [3.8, 4) is 5.75 Å². The van der Waals surface area contributed by atoms with Crippen molar-refractivity contribution in [2.24, 2.45) is 5.10 Å². The molecule has 6 heteroatoms. The monoisotopic (exact) mass is 303 g/mol. The van der Waals surface area contributed by atoms with E-state index in [1.807, 2.05) is 0 Å². The molecule has 0 unspecified atom stereocenters. The minimum absolute atomic E-state index is 0.323. The van der Waals surface area contributed by atoms with Crippen LogP contribution >= 0.6 is 11.6 Å². The number of nitrogen functional groups attached to an aromatic ring is 1. The molecular formula is C15H14ClN3O2. The fourth-order valence-corrected chi connectivity index (χ4v) is 1.82. The van der Waals surface area contributed by atoms with Crippen LogP contribution in [0.1, 0.15) is 15.9 Å². The number of carbonyl (C=O) groups excluding carboxylic acids is 1. The Kier molecular flexibility index (Phi) is 4.79. The van der Waals surface area contributed by atoms with Gasteiger partial charge >= 0.3 is 0 Å². The van der Waals surface area contributed by atoms with Crippen molar-refractivity contribution in [2.75, 3.05) is 12.8 Å². The quantitative estimate of drug-likeness (QED) is 0.518. The van der Waals surface area contributed by atoms with E-state index in [0.29, 0.717) is 27.6 Å². The van der Waals surface area contributed by atoms with E-state index in [2.05, 4.69) is 10.5 Å². The van der Waals surface area contributed by atoms with Crippen LogP contribution in [0, 0.1) is 0 Å². The molecule has 0 saturated heterocycles. The van der Waals surface area contributed by atoms with Gasteiger partial charge in [0.1, 0.15) is 5.75 Å². The summed E-state index contributed by atoms with van der Waals surface area (Å²) in [5.41, 5.74) is 9.73. The molecular weight excluding hydrogens is 290 g/mol. The lowest BCUT2D eigenvalue weighted by Crippen LogP contribution is -2.17. The molecule has 0 heterocycles. The summed E-state index contributed by atoms with van der Waals surface area (Å²) in [5.74, 6) is 0.332. The highest BCUT2D eigenvalue weighted by molar-refractivity contribution is 6.33. The van der Waals surface area contributed by atoms with Crippen LogP contribution in [0.5, 0.6) is 5.75 Å². The second-order valence-electron chi connectivity index (χ2n) is 4.21. The zero-order chi connectivity index (χ0) is 15.2. The maximum Gasteiger partial charge on any atom is 0.271 e. The van der Waals surface area contributed by atoms with E-state index in [-0.39, 0.29) is 5.91 Å². The molecule has 5 nitrogen and oxygen atoms in total. The number of amides is 1. The summed E-state index contributed by atoms with van der Waals surface area (Å²) in [6.45, 7) is 0. The first-order valence-electron chi connectivity index (χ1n) is 6.12. The second kappa shape index (κ2) is 6.76. The zero-order valence-corrected chi connectivity index (χ0v) is 12.1. The first-order chi connectivity index (χ1) is 10.1. The summed E-state index contributed by atoms with van der Waals surface area (Å²) in [7, 11) is 1.56.